The zero-order valence-electron chi connectivity index (χ0n) is 18.5. The number of hydrogen-bond donors (Lipinski definition) is 1. The van der Waals surface area contributed by atoms with Crippen molar-refractivity contribution in [1.82, 2.24) is 15.2 Å². The number of furan rings is 1. The summed E-state index contributed by atoms with van der Waals surface area (Å²) in [5, 5.41) is 8.29. The number of ether oxygens (including phenoxy) is 3. The molecule has 174 valence electrons. The van der Waals surface area contributed by atoms with Gasteiger partial charge in [-0.3, -0.25) is 9.48 Å². The van der Waals surface area contributed by atoms with Crippen LogP contribution in [0.25, 0.3) is 0 Å². The highest BCUT2D eigenvalue weighted by molar-refractivity contribution is 9.10. The van der Waals surface area contributed by atoms with Crippen molar-refractivity contribution >= 4 is 34.0 Å². The van der Waals surface area contributed by atoms with E-state index in [2.05, 4.69) is 36.3 Å². The van der Waals surface area contributed by atoms with Gasteiger partial charge in [-0.05, 0) is 65.7 Å². The number of hydrogen-bond acceptors (Lipinski definition) is 8. The van der Waals surface area contributed by atoms with Crippen LogP contribution in [0.15, 0.2) is 44.3 Å². The van der Waals surface area contributed by atoms with Crippen LogP contribution in [-0.4, -0.2) is 42.1 Å². The van der Waals surface area contributed by atoms with Crippen molar-refractivity contribution in [1.29, 1.82) is 0 Å². The second kappa shape index (κ2) is 10.8. The summed E-state index contributed by atoms with van der Waals surface area (Å²) in [5.74, 6) is 0.642. The van der Waals surface area contributed by atoms with Crippen molar-refractivity contribution < 1.29 is 28.2 Å². The number of methoxy groups -OCH3 is 2. The molecule has 0 saturated heterocycles. The van der Waals surface area contributed by atoms with Gasteiger partial charge in [-0.1, -0.05) is 0 Å². The number of rotatable bonds is 9. The summed E-state index contributed by atoms with van der Waals surface area (Å²) >= 11 is 3.44. The molecule has 1 N–H and O–H groups in total. The number of nitrogens with one attached hydrogen (secondary N) is 1. The van der Waals surface area contributed by atoms with E-state index in [0.717, 1.165) is 15.9 Å². The number of aromatic nitrogens is 2. The number of amides is 1. The molecule has 33 heavy (non-hydrogen) atoms. The third-order valence-electron chi connectivity index (χ3n) is 4.60. The van der Waals surface area contributed by atoms with Gasteiger partial charge < -0.3 is 18.6 Å². The summed E-state index contributed by atoms with van der Waals surface area (Å²) in [6, 6.07) is 8.33. The fourth-order valence-corrected chi connectivity index (χ4v) is 3.16. The third-order valence-corrected chi connectivity index (χ3v) is 5.74. The molecule has 0 unspecified atom stereocenters. The molecule has 0 saturated carbocycles. The average molecular weight is 519 g/mol. The second-order valence-corrected chi connectivity index (χ2v) is 7.69. The highest BCUT2D eigenvalue weighted by atomic mass is 79.9. The first-order valence-electron chi connectivity index (χ1n) is 9.81. The molecule has 0 aliphatic carbocycles. The maximum absolute atomic E-state index is 12.2. The number of esters is 1. The highest BCUT2D eigenvalue weighted by Gasteiger charge is 2.13. The number of benzene rings is 1. The van der Waals surface area contributed by atoms with Crippen molar-refractivity contribution in [3.05, 3.63) is 63.3 Å². The molecule has 0 bridgehead atoms. The van der Waals surface area contributed by atoms with Crippen LogP contribution in [-0.2, 0) is 22.7 Å². The van der Waals surface area contributed by atoms with Gasteiger partial charge in [0.15, 0.2) is 11.5 Å². The maximum Gasteiger partial charge on any atom is 0.373 e. The zero-order chi connectivity index (χ0) is 24.0. The standard InChI is InChI=1S/C22H23BrN4O6/c1-13-21(23)14(2)27(26-13)11-20(28)25-24-10-15-5-7-17(19(9-15)30-3)32-12-16-6-8-18(33-16)22(29)31-4/h5-10H,11-12H2,1-4H3,(H,25,28). The van der Waals surface area contributed by atoms with Crippen molar-refractivity contribution in [2.24, 2.45) is 5.10 Å². The number of carbonyl (C=O) groups excluding carboxylic acids is 2. The topological polar surface area (TPSA) is 117 Å². The number of hydrazone groups is 1. The predicted octanol–water partition coefficient (Wildman–Crippen LogP) is 3.38. The Balaban J connectivity index is 1.57. The molecule has 2 aromatic heterocycles. The van der Waals surface area contributed by atoms with Gasteiger partial charge in [-0.2, -0.15) is 10.2 Å². The molecule has 3 aromatic rings. The van der Waals surface area contributed by atoms with Gasteiger partial charge in [-0.25, -0.2) is 10.2 Å². The predicted molar refractivity (Wildman–Crippen MR) is 123 cm³/mol. The smallest absolute Gasteiger partial charge is 0.373 e. The second-order valence-electron chi connectivity index (χ2n) is 6.89. The molecule has 1 aromatic carbocycles. The minimum atomic E-state index is -0.558. The number of nitrogens with zero attached hydrogens (tertiary/aromatic N) is 3. The van der Waals surface area contributed by atoms with Crippen molar-refractivity contribution in [3.63, 3.8) is 0 Å². The fourth-order valence-electron chi connectivity index (χ4n) is 2.88. The molecule has 3 rings (SSSR count). The molecule has 2 heterocycles. The van der Waals surface area contributed by atoms with E-state index in [4.69, 9.17) is 13.9 Å². The van der Waals surface area contributed by atoms with Crippen molar-refractivity contribution in [3.8, 4) is 11.5 Å². The van der Waals surface area contributed by atoms with E-state index < -0.39 is 5.97 Å². The van der Waals surface area contributed by atoms with Crippen LogP contribution in [0.3, 0.4) is 0 Å². The minimum absolute atomic E-state index is 0.0518. The number of carbonyl (C=O) groups is 2. The van der Waals surface area contributed by atoms with E-state index >= 15 is 0 Å². The lowest BCUT2D eigenvalue weighted by Gasteiger charge is -2.10. The molecule has 0 fully saturated rings. The molecule has 0 radical (unpaired) electrons. The Morgan fingerprint density at radius 1 is 1.21 bits per heavy atom. The van der Waals surface area contributed by atoms with Crippen LogP contribution in [0.2, 0.25) is 0 Å². The van der Waals surface area contributed by atoms with Gasteiger partial charge in [0.1, 0.15) is 18.9 Å². The normalized spacial score (nSPS) is 10.9. The van der Waals surface area contributed by atoms with E-state index in [1.165, 1.54) is 26.5 Å². The first-order chi connectivity index (χ1) is 15.8. The molecule has 0 spiro atoms. The van der Waals surface area contributed by atoms with Crippen LogP contribution < -0.4 is 14.9 Å². The summed E-state index contributed by atoms with van der Waals surface area (Å²) < 4.78 is 23.6. The molecular weight excluding hydrogens is 496 g/mol. The van der Waals surface area contributed by atoms with E-state index in [1.54, 1.807) is 28.9 Å². The maximum atomic E-state index is 12.2. The van der Waals surface area contributed by atoms with E-state index in [1.807, 2.05) is 13.8 Å². The zero-order valence-corrected chi connectivity index (χ0v) is 20.1. The summed E-state index contributed by atoms with van der Waals surface area (Å²) in [5.41, 5.74) is 4.85. The SMILES string of the molecule is COC(=O)c1ccc(COc2ccc(C=NNC(=O)Cn3nc(C)c(Br)c3C)cc2OC)o1. The average Bonchev–Trinajstić information content (AvgIpc) is 3.38. The summed E-state index contributed by atoms with van der Waals surface area (Å²) in [6.45, 7) is 3.88. The first-order valence-corrected chi connectivity index (χ1v) is 10.6. The highest BCUT2D eigenvalue weighted by Crippen LogP contribution is 2.28. The Labute approximate surface area is 198 Å². The molecule has 1 amide bonds. The largest absolute Gasteiger partial charge is 0.493 e. The van der Waals surface area contributed by atoms with Gasteiger partial charge in [0.25, 0.3) is 5.91 Å². The number of aryl methyl sites for hydroxylation is 1. The molecule has 0 atom stereocenters. The lowest BCUT2D eigenvalue weighted by atomic mass is 10.2. The van der Waals surface area contributed by atoms with Gasteiger partial charge in [0, 0.05) is 0 Å². The first kappa shape index (κ1) is 24.1. The van der Waals surface area contributed by atoms with Crippen LogP contribution >= 0.6 is 15.9 Å². The van der Waals surface area contributed by atoms with Crippen molar-refractivity contribution in [2.45, 2.75) is 27.0 Å². The van der Waals surface area contributed by atoms with Crippen molar-refractivity contribution in [2.75, 3.05) is 14.2 Å². The molecule has 10 nitrogen and oxygen atoms in total. The van der Waals surface area contributed by atoms with Gasteiger partial charge >= 0.3 is 5.97 Å². The lowest BCUT2D eigenvalue weighted by molar-refractivity contribution is -0.121. The Hall–Kier alpha value is -3.60. The van der Waals surface area contributed by atoms with Crippen LogP contribution in [0.1, 0.15) is 33.3 Å². The van der Waals surface area contributed by atoms with Crippen LogP contribution in [0.4, 0.5) is 0 Å². The Morgan fingerprint density at radius 3 is 2.67 bits per heavy atom. The van der Waals surface area contributed by atoms with Gasteiger partial charge in [0.05, 0.1) is 36.3 Å². The Morgan fingerprint density at radius 2 is 2.00 bits per heavy atom. The molecule has 11 heteroatoms. The monoisotopic (exact) mass is 518 g/mol. The Bertz CT molecular complexity index is 1180. The third kappa shape index (κ3) is 6.01. The van der Waals surface area contributed by atoms with Crippen LogP contribution in [0, 0.1) is 13.8 Å². The summed E-state index contributed by atoms with van der Waals surface area (Å²) in [4.78, 5) is 23.6. The quantitative estimate of drug-likeness (QED) is 0.262. The molecular formula is C22H23BrN4O6. The fraction of sp³-hybridized carbons (Fsp3) is 0.273. The molecule has 0 aliphatic heterocycles. The summed E-state index contributed by atoms with van der Waals surface area (Å²) in [6.07, 6.45) is 1.50. The number of halogens is 1. The van der Waals surface area contributed by atoms with Gasteiger partial charge in [-0.15, -0.1) is 0 Å². The van der Waals surface area contributed by atoms with Gasteiger partial charge in [0.2, 0.25) is 5.76 Å². The summed E-state index contributed by atoms with van der Waals surface area (Å²) in [7, 11) is 2.79. The molecule has 0 aliphatic rings. The Kier molecular flexibility index (Phi) is 7.88. The van der Waals surface area contributed by atoms with Crippen LogP contribution in [0.5, 0.6) is 11.5 Å². The lowest BCUT2D eigenvalue weighted by Crippen LogP contribution is -2.24. The van der Waals surface area contributed by atoms with E-state index in [-0.39, 0.29) is 24.8 Å². The van der Waals surface area contributed by atoms with E-state index in [0.29, 0.717) is 22.8 Å². The minimum Gasteiger partial charge on any atom is -0.493 e. The van der Waals surface area contributed by atoms with E-state index in [9.17, 15) is 9.59 Å².